The molecule has 1 aliphatic heterocycles. The lowest BCUT2D eigenvalue weighted by Crippen LogP contribution is -2.41. The lowest BCUT2D eigenvalue weighted by atomic mass is 10.1. The van der Waals surface area contributed by atoms with Crippen molar-refractivity contribution < 1.29 is 0 Å². The molecule has 0 aromatic carbocycles. The van der Waals surface area contributed by atoms with Crippen LogP contribution in [-0.2, 0) is 0 Å². The van der Waals surface area contributed by atoms with Crippen LogP contribution in [0.1, 0.15) is 33.1 Å². The summed E-state index contributed by atoms with van der Waals surface area (Å²) in [6, 6.07) is 0.466. The number of aromatic nitrogens is 3. The molecular weight excluding hydrogens is 276 g/mol. The number of likely N-dealkylation sites (tertiary alicyclic amines) is 1. The second-order valence-electron chi connectivity index (χ2n) is 5.11. The molecule has 0 spiro atoms. The van der Waals surface area contributed by atoms with Crippen LogP contribution >= 0.6 is 11.6 Å². The molecule has 1 atom stereocenters. The monoisotopic (exact) mass is 298 g/mol. The predicted octanol–water partition coefficient (Wildman–Crippen LogP) is 2.24. The zero-order chi connectivity index (χ0) is 14.4. The van der Waals surface area contributed by atoms with Gasteiger partial charge in [0.25, 0.3) is 0 Å². The summed E-state index contributed by atoms with van der Waals surface area (Å²) in [5.41, 5.74) is 0. The molecule has 0 aliphatic carbocycles. The van der Waals surface area contributed by atoms with Crippen LogP contribution in [0.3, 0.4) is 0 Å². The van der Waals surface area contributed by atoms with Gasteiger partial charge < -0.3 is 10.6 Å². The summed E-state index contributed by atoms with van der Waals surface area (Å²) in [7, 11) is 0. The minimum absolute atomic E-state index is 0.212. The van der Waals surface area contributed by atoms with Crippen molar-refractivity contribution in [1.29, 1.82) is 0 Å². The summed E-state index contributed by atoms with van der Waals surface area (Å²) in [5.74, 6) is 1.05. The number of rotatable bonds is 6. The summed E-state index contributed by atoms with van der Waals surface area (Å²) in [6.07, 6.45) is 3.95. The van der Waals surface area contributed by atoms with Gasteiger partial charge in [-0.15, -0.1) is 0 Å². The van der Waals surface area contributed by atoms with E-state index in [1.165, 1.54) is 32.4 Å². The molecular formula is C13H23ClN6. The van der Waals surface area contributed by atoms with Crippen molar-refractivity contribution in [3.05, 3.63) is 5.28 Å². The molecule has 6 nitrogen and oxygen atoms in total. The van der Waals surface area contributed by atoms with E-state index in [2.05, 4.69) is 37.4 Å². The van der Waals surface area contributed by atoms with E-state index in [9.17, 15) is 0 Å². The molecule has 1 saturated heterocycles. The molecule has 0 radical (unpaired) electrons. The van der Waals surface area contributed by atoms with Gasteiger partial charge in [0.05, 0.1) is 0 Å². The minimum Gasteiger partial charge on any atom is -0.354 e. The summed E-state index contributed by atoms with van der Waals surface area (Å²) in [5, 5.41) is 6.51. The van der Waals surface area contributed by atoms with Gasteiger partial charge in [0.2, 0.25) is 17.2 Å². The van der Waals surface area contributed by atoms with Crippen molar-refractivity contribution in [2.45, 2.75) is 39.2 Å². The predicted molar refractivity (Wildman–Crippen MR) is 82.4 cm³/mol. The first-order chi connectivity index (χ1) is 9.69. The number of nitrogens with zero attached hydrogens (tertiary/aromatic N) is 4. The third-order valence-corrected chi connectivity index (χ3v) is 3.68. The number of piperidine rings is 1. The maximum Gasteiger partial charge on any atom is 0.228 e. The fraction of sp³-hybridized carbons (Fsp3) is 0.769. The van der Waals surface area contributed by atoms with E-state index in [1.807, 2.05) is 6.92 Å². The zero-order valence-corrected chi connectivity index (χ0v) is 12.9. The molecule has 112 valence electrons. The Balaban J connectivity index is 1.89. The Kier molecular flexibility index (Phi) is 5.79. The van der Waals surface area contributed by atoms with Crippen molar-refractivity contribution in [1.82, 2.24) is 19.9 Å². The largest absolute Gasteiger partial charge is 0.354 e. The van der Waals surface area contributed by atoms with Gasteiger partial charge in [-0.05, 0) is 51.4 Å². The van der Waals surface area contributed by atoms with Crippen LogP contribution < -0.4 is 10.6 Å². The third-order valence-electron chi connectivity index (χ3n) is 3.51. The lowest BCUT2D eigenvalue weighted by molar-refractivity contribution is 0.180. The molecule has 0 bridgehead atoms. The van der Waals surface area contributed by atoms with Gasteiger partial charge in [0, 0.05) is 19.1 Å². The van der Waals surface area contributed by atoms with Gasteiger partial charge in [-0.1, -0.05) is 6.42 Å². The first-order valence-electron chi connectivity index (χ1n) is 7.32. The highest BCUT2D eigenvalue weighted by Crippen LogP contribution is 2.13. The lowest BCUT2D eigenvalue weighted by Gasteiger charge is -2.32. The molecule has 0 saturated carbocycles. The smallest absolute Gasteiger partial charge is 0.228 e. The first-order valence-corrected chi connectivity index (χ1v) is 7.70. The molecule has 1 aromatic rings. The highest BCUT2D eigenvalue weighted by Gasteiger charge is 2.16. The van der Waals surface area contributed by atoms with E-state index >= 15 is 0 Å². The van der Waals surface area contributed by atoms with Gasteiger partial charge in [0.15, 0.2) is 0 Å². The van der Waals surface area contributed by atoms with Crippen LogP contribution in [0.15, 0.2) is 0 Å². The quantitative estimate of drug-likeness (QED) is 0.840. The first kappa shape index (κ1) is 15.3. The van der Waals surface area contributed by atoms with E-state index in [4.69, 9.17) is 11.6 Å². The van der Waals surface area contributed by atoms with Crippen LogP contribution in [0.25, 0.3) is 0 Å². The van der Waals surface area contributed by atoms with Crippen LogP contribution in [0.5, 0.6) is 0 Å². The maximum absolute atomic E-state index is 5.90. The highest BCUT2D eigenvalue weighted by molar-refractivity contribution is 6.28. The summed E-state index contributed by atoms with van der Waals surface area (Å²) >= 11 is 5.90. The van der Waals surface area contributed by atoms with Gasteiger partial charge in [-0.2, -0.15) is 15.0 Å². The van der Waals surface area contributed by atoms with Gasteiger partial charge in [-0.25, -0.2) is 0 Å². The van der Waals surface area contributed by atoms with Crippen molar-refractivity contribution in [3.63, 3.8) is 0 Å². The number of anilines is 2. The summed E-state index contributed by atoms with van der Waals surface area (Å²) < 4.78 is 0. The Morgan fingerprint density at radius 1 is 1.10 bits per heavy atom. The Morgan fingerprint density at radius 3 is 2.40 bits per heavy atom. The molecule has 0 amide bonds. The van der Waals surface area contributed by atoms with Crippen LogP contribution in [-0.4, -0.2) is 52.1 Å². The van der Waals surface area contributed by atoms with Gasteiger partial charge in [0.1, 0.15) is 0 Å². The van der Waals surface area contributed by atoms with E-state index in [-0.39, 0.29) is 5.28 Å². The third kappa shape index (κ3) is 4.45. The van der Waals surface area contributed by atoms with Crippen molar-refractivity contribution in [2.24, 2.45) is 0 Å². The second kappa shape index (κ2) is 7.59. The highest BCUT2D eigenvalue weighted by atomic mass is 35.5. The average Bonchev–Trinajstić information content (AvgIpc) is 2.45. The van der Waals surface area contributed by atoms with Crippen LogP contribution in [0.4, 0.5) is 11.9 Å². The number of halogens is 1. The Labute approximate surface area is 125 Å². The topological polar surface area (TPSA) is 66.0 Å². The Morgan fingerprint density at radius 2 is 1.75 bits per heavy atom. The van der Waals surface area contributed by atoms with E-state index < -0.39 is 0 Å². The van der Waals surface area contributed by atoms with Crippen LogP contribution in [0.2, 0.25) is 5.28 Å². The Bertz CT molecular complexity index is 421. The minimum atomic E-state index is 0.212. The molecule has 20 heavy (non-hydrogen) atoms. The van der Waals surface area contributed by atoms with Crippen molar-refractivity contribution >= 4 is 23.5 Å². The molecule has 2 N–H and O–H groups in total. The molecule has 1 aromatic heterocycles. The Hall–Kier alpha value is -1.14. The summed E-state index contributed by atoms with van der Waals surface area (Å²) in [4.78, 5) is 14.9. The number of hydrogen-bond acceptors (Lipinski definition) is 6. The molecule has 2 rings (SSSR count). The zero-order valence-electron chi connectivity index (χ0n) is 12.2. The van der Waals surface area contributed by atoms with Crippen molar-refractivity contribution in [2.75, 3.05) is 36.8 Å². The molecule has 2 heterocycles. The molecule has 1 fully saturated rings. The molecule has 1 unspecified atom stereocenters. The van der Waals surface area contributed by atoms with E-state index in [0.717, 1.165) is 13.1 Å². The maximum atomic E-state index is 5.90. The van der Waals surface area contributed by atoms with E-state index in [0.29, 0.717) is 17.9 Å². The van der Waals surface area contributed by atoms with Gasteiger partial charge >= 0.3 is 0 Å². The summed E-state index contributed by atoms with van der Waals surface area (Å²) in [6.45, 7) is 8.15. The van der Waals surface area contributed by atoms with Crippen molar-refractivity contribution in [3.8, 4) is 0 Å². The average molecular weight is 299 g/mol. The molecule has 7 heteroatoms. The second-order valence-corrected chi connectivity index (χ2v) is 5.45. The van der Waals surface area contributed by atoms with Crippen LogP contribution in [0, 0.1) is 0 Å². The van der Waals surface area contributed by atoms with E-state index in [1.54, 1.807) is 0 Å². The number of nitrogens with one attached hydrogen (secondary N) is 2. The molecule has 1 aliphatic rings. The fourth-order valence-electron chi connectivity index (χ4n) is 2.39. The fourth-order valence-corrected chi connectivity index (χ4v) is 2.55. The standard InChI is InChI=1S/C13H23ClN6/c1-3-15-12-17-11(14)18-13(19-12)16-9-10(2)20-7-5-4-6-8-20/h10H,3-9H2,1-2H3,(H2,15,16,17,18,19). The number of hydrogen-bond donors (Lipinski definition) is 2. The van der Waals surface area contributed by atoms with Gasteiger partial charge in [-0.3, -0.25) is 4.90 Å². The SMILES string of the molecule is CCNc1nc(Cl)nc(NCC(C)N2CCCCC2)n1. The normalized spacial score (nSPS) is 17.8.